The molecule has 182 valence electrons. The fraction of sp³-hybridized carbons (Fsp3) is 0.696. The first-order chi connectivity index (χ1) is 15.0. The number of nitrogens with zero attached hydrogens (tertiary/aromatic N) is 3. The first-order valence-electron chi connectivity index (χ1n) is 11.3. The van der Waals surface area contributed by atoms with Crippen LogP contribution in [0.4, 0.5) is 4.79 Å². The molecular weight excluding hydrogens is 445 g/mol. The lowest BCUT2D eigenvalue weighted by Crippen LogP contribution is -2.57. The van der Waals surface area contributed by atoms with E-state index in [0.29, 0.717) is 18.7 Å². The smallest absolute Gasteiger partial charge is 0.444 e. The second-order valence-corrected chi connectivity index (χ2v) is 11.2. The fourth-order valence-corrected chi connectivity index (χ4v) is 4.40. The van der Waals surface area contributed by atoms with E-state index in [1.165, 1.54) is 6.92 Å². The van der Waals surface area contributed by atoms with E-state index in [1.54, 1.807) is 15.9 Å². The second kappa shape index (κ2) is 8.75. The first kappa shape index (κ1) is 25.8. The van der Waals surface area contributed by atoms with E-state index in [2.05, 4.69) is 4.98 Å². The molecule has 0 N–H and O–H groups in total. The Hall–Kier alpha value is -1.84. The summed E-state index contributed by atoms with van der Waals surface area (Å²) in [5, 5.41) is 0.266. The van der Waals surface area contributed by atoms with Gasteiger partial charge in [-0.2, -0.15) is 0 Å². The Bertz CT molecular complexity index is 917. The number of hydrogen-bond donors (Lipinski definition) is 0. The minimum atomic E-state index is -0.695. The van der Waals surface area contributed by atoms with Crippen molar-refractivity contribution in [1.29, 1.82) is 0 Å². The summed E-state index contributed by atoms with van der Waals surface area (Å²) in [5.74, 6) is -0.0826. The third-order valence-corrected chi connectivity index (χ3v) is 6.76. The van der Waals surface area contributed by atoms with Crippen molar-refractivity contribution in [2.24, 2.45) is 0 Å². The van der Waals surface area contributed by atoms with Gasteiger partial charge in [0.15, 0.2) is 0 Å². The molecular formula is C23H35BClN3O5. The maximum absolute atomic E-state index is 12.9. The number of aromatic nitrogens is 1. The van der Waals surface area contributed by atoms with Crippen LogP contribution in [0.15, 0.2) is 12.1 Å². The lowest BCUT2D eigenvalue weighted by molar-refractivity contribution is -0.136. The Morgan fingerprint density at radius 3 is 2.18 bits per heavy atom. The SMILES string of the molecule is CC(=O)N1CCN(C(=O)OC(C)(C)C)C(C)C1c1cc(Cl)nc(B2OC(C)(C)C(C)(C)O2)c1. The average Bonchev–Trinajstić information content (AvgIpc) is 2.86. The molecule has 0 radical (unpaired) electrons. The molecule has 3 rings (SSSR count). The predicted octanol–water partition coefficient (Wildman–Crippen LogP) is 3.56. The van der Waals surface area contributed by atoms with Crippen molar-refractivity contribution in [3.8, 4) is 0 Å². The van der Waals surface area contributed by atoms with Crippen LogP contribution in [0.1, 0.15) is 73.9 Å². The van der Waals surface area contributed by atoms with Crippen molar-refractivity contribution >= 4 is 36.3 Å². The van der Waals surface area contributed by atoms with Gasteiger partial charge in [0.2, 0.25) is 5.91 Å². The second-order valence-electron chi connectivity index (χ2n) is 10.8. The number of rotatable bonds is 2. The zero-order valence-electron chi connectivity index (χ0n) is 21.1. The number of amides is 2. The maximum atomic E-state index is 12.9. The lowest BCUT2D eigenvalue weighted by atomic mass is 9.82. The minimum Gasteiger partial charge on any atom is -0.444 e. The van der Waals surface area contributed by atoms with Crippen LogP contribution in [-0.4, -0.2) is 69.8 Å². The molecule has 2 unspecified atom stereocenters. The van der Waals surface area contributed by atoms with Crippen LogP contribution in [0.2, 0.25) is 5.15 Å². The lowest BCUT2D eigenvalue weighted by Gasteiger charge is -2.46. The monoisotopic (exact) mass is 479 g/mol. The minimum absolute atomic E-state index is 0.0826. The zero-order valence-corrected chi connectivity index (χ0v) is 21.8. The van der Waals surface area contributed by atoms with Crippen molar-refractivity contribution in [1.82, 2.24) is 14.8 Å². The van der Waals surface area contributed by atoms with E-state index in [4.69, 9.17) is 25.6 Å². The third kappa shape index (κ3) is 5.30. The molecule has 2 saturated heterocycles. The summed E-state index contributed by atoms with van der Waals surface area (Å²) in [7, 11) is -0.695. The molecule has 2 aliphatic heterocycles. The number of hydrogen-bond acceptors (Lipinski definition) is 6. The van der Waals surface area contributed by atoms with Gasteiger partial charge in [-0.15, -0.1) is 0 Å². The molecule has 0 aliphatic carbocycles. The number of carbonyl (C=O) groups is 2. The van der Waals surface area contributed by atoms with Crippen molar-refractivity contribution in [3.63, 3.8) is 0 Å². The fourth-order valence-electron chi connectivity index (χ4n) is 4.17. The summed E-state index contributed by atoms with van der Waals surface area (Å²) in [6.07, 6.45) is -0.408. The van der Waals surface area contributed by atoms with E-state index in [-0.39, 0.29) is 17.1 Å². The molecule has 0 aromatic carbocycles. The highest BCUT2D eigenvalue weighted by atomic mass is 35.5. The highest BCUT2D eigenvalue weighted by molar-refractivity contribution is 6.61. The van der Waals surface area contributed by atoms with Crippen LogP contribution < -0.4 is 5.59 Å². The average molecular weight is 480 g/mol. The molecule has 1 aromatic heterocycles. The van der Waals surface area contributed by atoms with Gasteiger partial charge in [-0.3, -0.25) is 4.79 Å². The summed E-state index contributed by atoms with van der Waals surface area (Å²) in [5.41, 5.74) is -0.386. The van der Waals surface area contributed by atoms with E-state index in [0.717, 1.165) is 5.56 Å². The molecule has 3 heterocycles. The van der Waals surface area contributed by atoms with Crippen molar-refractivity contribution in [2.75, 3.05) is 13.1 Å². The molecule has 0 bridgehead atoms. The number of ether oxygens (including phenoxy) is 1. The van der Waals surface area contributed by atoms with E-state index >= 15 is 0 Å². The predicted molar refractivity (Wildman–Crippen MR) is 127 cm³/mol. The normalized spacial score (nSPS) is 24.7. The summed E-state index contributed by atoms with van der Waals surface area (Å²) < 4.78 is 17.9. The van der Waals surface area contributed by atoms with Gasteiger partial charge in [-0.05, 0) is 73.1 Å². The summed E-state index contributed by atoms with van der Waals surface area (Å²) >= 11 is 6.42. The Balaban J connectivity index is 1.98. The number of carbonyl (C=O) groups excluding carboxylic acids is 2. The topological polar surface area (TPSA) is 81.2 Å². The van der Waals surface area contributed by atoms with Gasteiger partial charge in [0, 0.05) is 20.0 Å². The molecule has 2 atom stereocenters. The molecule has 10 heteroatoms. The van der Waals surface area contributed by atoms with E-state index in [1.807, 2.05) is 61.5 Å². The zero-order chi connectivity index (χ0) is 24.9. The Morgan fingerprint density at radius 2 is 1.67 bits per heavy atom. The quantitative estimate of drug-likeness (QED) is 0.476. The number of halogens is 1. The highest BCUT2D eigenvalue weighted by Gasteiger charge is 2.52. The Morgan fingerprint density at radius 1 is 1.12 bits per heavy atom. The van der Waals surface area contributed by atoms with Gasteiger partial charge in [-0.25, -0.2) is 9.78 Å². The van der Waals surface area contributed by atoms with Crippen LogP contribution in [0.5, 0.6) is 0 Å². The standard InChI is InChI=1S/C23H35BClN3O5/c1-14-19(28(15(2)29)11-10-27(14)20(30)31-21(3,4)5)16-12-17(26-18(25)13-16)24-32-22(6,7)23(8,9)33-24/h12-14,19H,10-11H2,1-9H3. The van der Waals surface area contributed by atoms with Crippen molar-refractivity contribution < 1.29 is 23.6 Å². The Kier molecular flexibility index (Phi) is 6.83. The van der Waals surface area contributed by atoms with Crippen molar-refractivity contribution in [3.05, 3.63) is 22.8 Å². The number of pyridine rings is 1. The van der Waals surface area contributed by atoms with Gasteiger partial charge in [-0.1, -0.05) is 11.6 Å². The van der Waals surface area contributed by atoms with Crippen LogP contribution >= 0.6 is 11.6 Å². The molecule has 0 spiro atoms. The van der Waals surface area contributed by atoms with E-state index < -0.39 is 36.1 Å². The summed E-state index contributed by atoms with van der Waals surface area (Å²) in [6.45, 7) is 17.6. The summed E-state index contributed by atoms with van der Waals surface area (Å²) in [4.78, 5) is 33.3. The molecule has 2 fully saturated rings. The van der Waals surface area contributed by atoms with Gasteiger partial charge in [0.05, 0.1) is 28.9 Å². The largest absolute Gasteiger partial charge is 0.514 e. The van der Waals surface area contributed by atoms with Crippen LogP contribution in [0, 0.1) is 0 Å². The van der Waals surface area contributed by atoms with Gasteiger partial charge < -0.3 is 23.8 Å². The van der Waals surface area contributed by atoms with Gasteiger partial charge in [0.1, 0.15) is 10.8 Å². The molecule has 2 amide bonds. The van der Waals surface area contributed by atoms with Crippen LogP contribution in [-0.2, 0) is 18.8 Å². The van der Waals surface area contributed by atoms with Crippen molar-refractivity contribution in [2.45, 2.75) is 91.2 Å². The first-order valence-corrected chi connectivity index (χ1v) is 11.7. The molecule has 8 nitrogen and oxygen atoms in total. The third-order valence-electron chi connectivity index (χ3n) is 6.57. The van der Waals surface area contributed by atoms with E-state index in [9.17, 15) is 9.59 Å². The Labute approximate surface area is 202 Å². The highest BCUT2D eigenvalue weighted by Crippen LogP contribution is 2.37. The molecule has 0 saturated carbocycles. The summed E-state index contributed by atoms with van der Waals surface area (Å²) in [6, 6.07) is 2.81. The molecule has 33 heavy (non-hydrogen) atoms. The maximum Gasteiger partial charge on any atom is 0.514 e. The molecule has 1 aromatic rings. The molecule has 2 aliphatic rings. The van der Waals surface area contributed by atoms with Gasteiger partial charge in [0.25, 0.3) is 0 Å². The number of piperazine rings is 1. The van der Waals surface area contributed by atoms with Crippen LogP contribution in [0.3, 0.4) is 0 Å². The van der Waals surface area contributed by atoms with Gasteiger partial charge >= 0.3 is 13.2 Å². The van der Waals surface area contributed by atoms with Crippen LogP contribution in [0.25, 0.3) is 0 Å².